The van der Waals surface area contributed by atoms with Gasteiger partial charge in [-0.1, -0.05) is 18.2 Å². The van der Waals surface area contributed by atoms with Gasteiger partial charge in [0.15, 0.2) is 0 Å². The monoisotopic (exact) mass is 236 g/mol. The molecular weight excluding hydrogens is 220 g/mol. The van der Waals surface area contributed by atoms with Gasteiger partial charge in [0.2, 0.25) is 0 Å². The van der Waals surface area contributed by atoms with Gasteiger partial charge in [0.1, 0.15) is 0 Å². The van der Waals surface area contributed by atoms with E-state index in [0.29, 0.717) is 0 Å². The number of aromatic nitrogens is 2. The summed E-state index contributed by atoms with van der Waals surface area (Å²) in [5, 5.41) is 2.78. The molecule has 1 aromatic carbocycles. The minimum Gasteiger partial charge on any atom is -0.353 e. The summed E-state index contributed by atoms with van der Waals surface area (Å²) in [6, 6.07) is 8.60. The predicted molar refractivity (Wildman–Crippen MR) is 75.0 cm³/mol. The first-order chi connectivity index (χ1) is 8.84. The fourth-order valence-electron chi connectivity index (χ4n) is 3.27. The minimum atomic E-state index is 1.14. The van der Waals surface area contributed by atoms with Crippen molar-refractivity contribution in [1.29, 1.82) is 0 Å². The largest absolute Gasteiger partial charge is 0.353 e. The molecule has 0 atom stereocenters. The summed E-state index contributed by atoms with van der Waals surface area (Å²) in [6.45, 7) is 2.12. The highest BCUT2D eigenvalue weighted by molar-refractivity contribution is 6.09. The molecule has 2 heteroatoms. The zero-order chi connectivity index (χ0) is 12.1. The van der Waals surface area contributed by atoms with E-state index in [2.05, 4.69) is 36.2 Å². The van der Waals surface area contributed by atoms with Crippen LogP contribution in [0.2, 0.25) is 0 Å². The quantitative estimate of drug-likeness (QED) is 0.630. The number of aromatic amines is 1. The third kappa shape index (κ3) is 1.26. The van der Waals surface area contributed by atoms with E-state index in [4.69, 9.17) is 4.98 Å². The van der Waals surface area contributed by atoms with Crippen LogP contribution in [0.15, 0.2) is 24.3 Å². The number of hydrogen-bond donors (Lipinski definition) is 1. The van der Waals surface area contributed by atoms with Gasteiger partial charge in [-0.25, -0.2) is 0 Å². The number of aryl methyl sites for hydroxylation is 3. The van der Waals surface area contributed by atoms with Gasteiger partial charge in [0.25, 0.3) is 0 Å². The fourth-order valence-corrected chi connectivity index (χ4v) is 3.27. The Morgan fingerprint density at radius 1 is 1.11 bits per heavy atom. The Kier molecular flexibility index (Phi) is 2.01. The number of pyridine rings is 1. The van der Waals surface area contributed by atoms with Crippen LogP contribution in [0.3, 0.4) is 0 Å². The Balaban J connectivity index is 2.23. The molecule has 1 aliphatic rings. The molecule has 0 radical (unpaired) electrons. The van der Waals surface area contributed by atoms with E-state index < -0.39 is 0 Å². The van der Waals surface area contributed by atoms with Crippen molar-refractivity contribution < 1.29 is 0 Å². The van der Waals surface area contributed by atoms with Gasteiger partial charge in [-0.05, 0) is 44.2 Å². The van der Waals surface area contributed by atoms with Gasteiger partial charge in [-0.2, -0.15) is 0 Å². The summed E-state index contributed by atoms with van der Waals surface area (Å²) in [4.78, 5) is 8.34. The predicted octanol–water partition coefficient (Wildman–Crippen LogP) is 3.90. The molecule has 0 bridgehead atoms. The number of rotatable bonds is 0. The Hall–Kier alpha value is -1.83. The van der Waals surface area contributed by atoms with Crippen LogP contribution >= 0.6 is 0 Å². The number of nitrogens with zero attached hydrogens (tertiary/aromatic N) is 1. The second-order valence-electron chi connectivity index (χ2n) is 5.25. The molecular formula is C16H16N2. The summed E-state index contributed by atoms with van der Waals surface area (Å²) < 4.78 is 0. The van der Waals surface area contributed by atoms with E-state index in [-0.39, 0.29) is 0 Å². The second-order valence-corrected chi connectivity index (χ2v) is 5.25. The molecule has 1 N–H and O–H groups in total. The normalized spacial score (nSPS) is 15.2. The highest BCUT2D eigenvalue weighted by atomic mass is 14.8. The van der Waals surface area contributed by atoms with Gasteiger partial charge in [-0.15, -0.1) is 0 Å². The summed E-state index contributed by atoms with van der Waals surface area (Å²) in [5.74, 6) is 0. The Morgan fingerprint density at radius 2 is 1.94 bits per heavy atom. The smallest absolute Gasteiger partial charge is 0.0684 e. The lowest BCUT2D eigenvalue weighted by molar-refractivity contribution is 0.671. The number of nitrogens with one attached hydrogen (secondary N) is 1. The molecule has 2 aromatic heterocycles. The van der Waals surface area contributed by atoms with E-state index in [1.165, 1.54) is 52.3 Å². The fraction of sp³-hybridized carbons (Fsp3) is 0.312. The van der Waals surface area contributed by atoms with Crippen LogP contribution in [0.4, 0.5) is 0 Å². The average molecular weight is 236 g/mol. The van der Waals surface area contributed by atoms with E-state index in [9.17, 15) is 0 Å². The first kappa shape index (κ1) is 10.1. The number of benzene rings is 1. The number of fused-ring (bicyclic) bond motifs is 5. The number of hydrogen-bond acceptors (Lipinski definition) is 1. The molecule has 0 unspecified atom stereocenters. The molecule has 2 nitrogen and oxygen atoms in total. The summed E-state index contributed by atoms with van der Waals surface area (Å²) in [6.07, 6.45) is 4.91. The summed E-state index contributed by atoms with van der Waals surface area (Å²) in [7, 11) is 0. The molecule has 90 valence electrons. The minimum absolute atomic E-state index is 1.14. The molecule has 1 aliphatic carbocycles. The molecule has 18 heavy (non-hydrogen) atoms. The van der Waals surface area contributed by atoms with E-state index in [1.54, 1.807) is 0 Å². The molecule has 0 spiro atoms. The van der Waals surface area contributed by atoms with Crippen molar-refractivity contribution in [3.63, 3.8) is 0 Å². The zero-order valence-corrected chi connectivity index (χ0v) is 10.6. The van der Waals surface area contributed by atoms with E-state index >= 15 is 0 Å². The van der Waals surface area contributed by atoms with Gasteiger partial charge < -0.3 is 4.98 Å². The maximum atomic E-state index is 4.81. The molecule has 3 aromatic rings. The second kappa shape index (κ2) is 3.58. The summed E-state index contributed by atoms with van der Waals surface area (Å²) >= 11 is 0. The number of H-pyrrole nitrogens is 1. The standard InChI is InChI=1S/C16H16N2/c1-10-16-15(11-6-2-4-8-13(11)17-10)12-7-3-5-9-14(12)18-16/h3,5,7,9,18H,2,4,6,8H2,1H3. The van der Waals surface area contributed by atoms with Crippen LogP contribution < -0.4 is 0 Å². The van der Waals surface area contributed by atoms with Crippen LogP contribution in [0.25, 0.3) is 21.8 Å². The first-order valence-corrected chi connectivity index (χ1v) is 6.73. The van der Waals surface area contributed by atoms with Crippen molar-refractivity contribution in [1.82, 2.24) is 9.97 Å². The van der Waals surface area contributed by atoms with Crippen molar-refractivity contribution in [2.75, 3.05) is 0 Å². The van der Waals surface area contributed by atoms with Gasteiger partial charge in [0, 0.05) is 22.0 Å². The molecule has 2 heterocycles. The van der Waals surface area contributed by atoms with Crippen molar-refractivity contribution in [2.24, 2.45) is 0 Å². The number of para-hydroxylation sites is 1. The van der Waals surface area contributed by atoms with E-state index in [0.717, 1.165) is 12.1 Å². The van der Waals surface area contributed by atoms with Crippen molar-refractivity contribution in [3.8, 4) is 0 Å². The van der Waals surface area contributed by atoms with Crippen molar-refractivity contribution >= 4 is 21.8 Å². The molecule has 0 amide bonds. The van der Waals surface area contributed by atoms with Crippen LogP contribution in [0.1, 0.15) is 29.8 Å². The molecule has 0 aliphatic heterocycles. The van der Waals surface area contributed by atoms with Crippen LogP contribution in [-0.2, 0) is 12.8 Å². The highest BCUT2D eigenvalue weighted by Gasteiger charge is 2.18. The molecule has 0 saturated carbocycles. The Morgan fingerprint density at radius 3 is 2.89 bits per heavy atom. The third-order valence-electron chi connectivity index (χ3n) is 4.11. The van der Waals surface area contributed by atoms with Gasteiger partial charge in [-0.3, -0.25) is 4.98 Å². The topological polar surface area (TPSA) is 28.7 Å². The van der Waals surface area contributed by atoms with Gasteiger partial charge >= 0.3 is 0 Å². The summed E-state index contributed by atoms with van der Waals surface area (Å²) in [5.41, 5.74) is 6.42. The van der Waals surface area contributed by atoms with Crippen molar-refractivity contribution in [3.05, 3.63) is 41.2 Å². The first-order valence-electron chi connectivity index (χ1n) is 6.73. The molecule has 4 rings (SSSR count). The Labute approximate surface area is 106 Å². The van der Waals surface area contributed by atoms with E-state index in [1.807, 2.05) is 0 Å². The third-order valence-corrected chi connectivity index (χ3v) is 4.11. The zero-order valence-electron chi connectivity index (χ0n) is 10.6. The molecule has 0 saturated heterocycles. The maximum absolute atomic E-state index is 4.81. The average Bonchev–Trinajstić information content (AvgIpc) is 2.79. The maximum Gasteiger partial charge on any atom is 0.0684 e. The van der Waals surface area contributed by atoms with Gasteiger partial charge in [0.05, 0.1) is 11.2 Å². The van der Waals surface area contributed by atoms with Crippen LogP contribution in [0, 0.1) is 6.92 Å². The lowest BCUT2D eigenvalue weighted by atomic mass is 9.92. The lowest BCUT2D eigenvalue weighted by Gasteiger charge is -2.16. The van der Waals surface area contributed by atoms with Crippen LogP contribution in [0.5, 0.6) is 0 Å². The highest BCUT2D eigenvalue weighted by Crippen LogP contribution is 2.34. The Bertz CT molecular complexity index is 752. The van der Waals surface area contributed by atoms with Crippen molar-refractivity contribution in [2.45, 2.75) is 32.6 Å². The SMILES string of the molecule is Cc1nc2c(c3c1[nH]c1ccccc13)CCCC2. The molecule has 0 fully saturated rings. The van der Waals surface area contributed by atoms with Crippen LogP contribution in [-0.4, -0.2) is 9.97 Å². The lowest BCUT2D eigenvalue weighted by Crippen LogP contribution is -2.07.